The summed E-state index contributed by atoms with van der Waals surface area (Å²) in [7, 11) is 6.98. The molecule has 1 aromatic carbocycles. The number of aliphatic hydroxyl groups is 3. The van der Waals surface area contributed by atoms with Crippen LogP contribution in [0.2, 0.25) is 0 Å². The van der Waals surface area contributed by atoms with Gasteiger partial charge in [-0.3, -0.25) is 24.2 Å². The molecule has 11 heteroatoms. The molecule has 1 amide bonds. The summed E-state index contributed by atoms with van der Waals surface area (Å²) in [6.45, 7) is 6.47. The van der Waals surface area contributed by atoms with Crippen LogP contribution in [0, 0.1) is 11.8 Å². The molecule has 0 saturated heterocycles. The number of ketones is 2. The number of nitrogens with zero attached hydrogens (tertiary/aromatic N) is 3. The van der Waals surface area contributed by atoms with E-state index in [4.69, 9.17) is 5.73 Å². The minimum absolute atomic E-state index is 0.0547. The van der Waals surface area contributed by atoms with E-state index in [0.717, 1.165) is 57.3 Å². The second-order valence-corrected chi connectivity index (χ2v) is 13.3. The van der Waals surface area contributed by atoms with Crippen LogP contribution in [0.5, 0.6) is 5.75 Å². The maximum absolute atomic E-state index is 14.3. The normalized spacial score (nSPS) is 24.7. The second-order valence-electron chi connectivity index (χ2n) is 13.3. The first-order valence-corrected chi connectivity index (χ1v) is 16.1. The van der Waals surface area contributed by atoms with Crippen LogP contribution < -0.4 is 10.6 Å². The van der Waals surface area contributed by atoms with Crippen LogP contribution in [-0.2, 0) is 22.6 Å². The zero-order valence-electron chi connectivity index (χ0n) is 27.5. The van der Waals surface area contributed by atoms with E-state index in [-0.39, 0.29) is 29.7 Å². The van der Waals surface area contributed by atoms with E-state index in [1.165, 1.54) is 0 Å². The Hall–Kier alpha value is -3.41. The van der Waals surface area contributed by atoms with Crippen molar-refractivity contribution in [2.24, 2.45) is 17.6 Å². The predicted octanol–water partition coefficient (Wildman–Crippen LogP) is 3.37. The van der Waals surface area contributed by atoms with Crippen molar-refractivity contribution < 1.29 is 34.8 Å². The van der Waals surface area contributed by atoms with Gasteiger partial charge in [0.1, 0.15) is 22.8 Å². The number of allylic oxidation sites excluding steroid dienone is 1. The third-order valence-corrected chi connectivity index (χ3v) is 9.81. The third kappa shape index (κ3) is 5.97. The Bertz CT molecular complexity index is 1410. The second kappa shape index (κ2) is 13.5. The number of carbonyl (C=O) groups is 3. The molecule has 3 aliphatic carbocycles. The first-order chi connectivity index (χ1) is 21.2. The monoisotopic (exact) mass is 626 g/mol. The molecule has 0 aromatic heterocycles. The minimum atomic E-state index is -2.66. The van der Waals surface area contributed by atoms with Crippen LogP contribution >= 0.6 is 0 Å². The van der Waals surface area contributed by atoms with Crippen LogP contribution in [-0.4, -0.2) is 101 Å². The lowest BCUT2D eigenvalue weighted by atomic mass is 9.58. The molecule has 4 rings (SSSR count). The Morgan fingerprint density at radius 1 is 1.00 bits per heavy atom. The molecule has 6 N–H and O–H groups in total. The zero-order chi connectivity index (χ0) is 33.4. The van der Waals surface area contributed by atoms with E-state index in [1.807, 2.05) is 25.1 Å². The number of fused-ring (bicyclic) bond motifs is 3. The predicted molar refractivity (Wildman–Crippen MR) is 172 cm³/mol. The van der Waals surface area contributed by atoms with Crippen molar-refractivity contribution in [1.82, 2.24) is 9.80 Å². The molecule has 0 heterocycles. The van der Waals surface area contributed by atoms with E-state index >= 15 is 0 Å². The smallest absolute Gasteiger partial charge is 0.255 e. The molecular weight excluding hydrogens is 576 g/mol. The van der Waals surface area contributed by atoms with Gasteiger partial charge < -0.3 is 31.1 Å². The van der Waals surface area contributed by atoms with Crippen LogP contribution in [0.3, 0.4) is 0 Å². The molecule has 248 valence electrons. The molecule has 4 atom stereocenters. The van der Waals surface area contributed by atoms with Gasteiger partial charge in [-0.1, -0.05) is 39.5 Å². The van der Waals surface area contributed by atoms with E-state index in [2.05, 4.69) is 18.7 Å². The SMILES string of the molecule is CCCCCN(CCCCC)Cc1cc(N(C)C)c2c(c1O)C(=O)C1=C(O)[C@]3(O)C(=O)C(C(N)=O)=C(O)C(N(C)C)[C@@H]3C[C@@H]1C2. The van der Waals surface area contributed by atoms with Gasteiger partial charge in [-0.15, -0.1) is 0 Å². The van der Waals surface area contributed by atoms with Crippen molar-refractivity contribution in [2.45, 2.75) is 83.4 Å². The lowest BCUT2D eigenvalue weighted by Crippen LogP contribution is -2.63. The molecule has 3 aliphatic rings. The lowest BCUT2D eigenvalue weighted by Gasteiger charge is -2.50. The number of phenolic OH excluding ortho intramolecular Hbond substituents is 1. The van der Waals surface area contributed by atoms with Gasteiger partial charge in [0.05, 0.1) is 11.6 Å². The number of nitrogens with two attached hydrogens (primary N) is 1. The number of aliphatic hydroxyl groups excluding tert-OH is 2. The van der Waals surface area contributed by atoms with Crippen LogP contribution in [0.25, 0.3) is 0 Å². The van der Waals surface area contributed by atoms with Gasteiger partial charge in [-0.05, 0) is 70.4 Å². The molecule has 11 nitrogen and oxygen atoms in total. The summed E-state index contributed by atoms with van der Waals surface area (Å²) in [4.78, 5) is 45.9. The van der Waals surface area contributed by atoms with Crippen LogP contribution in [0.15, 0.2) is 28.7 Å². The van der Waals surface area contributed by atoms with E-state index in [9.17, 15) is 34.8 Å². The summed E-state index contributed by atoms with van der Waals surface area (Å²) >= 11 is 0. The number of rotatable bonds is 13. The Morgan fingerprint density at radius 2 is 1.60 bits per heavy atom. The summed E-state index contributed by atoms with van der Waals surface area (Å²) in [6, 6.07) is 0.911. The summed E-state index contributed by atoms with van der Waals surface area (Å²) in [6.07, 6.45) is 6.73. The average Bonchev–Trinajstić information content (AvgIpc) is 2.95. The summed E-state index contributed by atoms with van der Waals surface area (Å²) < 4.78 is 0. The highest BCUT2D eigenvalue weighted by Gasteiger charge is 2.63. The molecule has 0 saturated carbocycles. The number of benzene rings is 1. The molecule has 0 spiro atoms. The van der Waals surface area contributed by atoms with Crippen molar-refractivity contribution in [1.29, 1.82) is 0 Å². The number of amides is 1. The Labute approximate surface area is 266 Å². The number of aromatic hydroxyl groups is 1. The van der Waals surface area contributed by atoms with E-state index < -0.39 is 58.0 Å². The van der Waals surface area contributed by atoms with Gasteiger partial charge in [0.2, 0.25) is 5.78 Å². The van der Waals surface area contributed by atoms with Crippen molar-refractivity contribution >= 4 is 23.2 Å². The van der Waals surface area contributed by atoms with Gasteiger partial charge in [0.15, 0.2) is 11.4 Å². The number of likely N-dealkylation sites (N-methyl/N-ethyl adjacent to an activating group) is 1. The Morgan fingerprint density at radius 3 is 2.11 bits per heavy atom. The number of carbonyl (C=O) groups excluding carboxylic acids is 3. The molecule has 1 unspecified atom stereocenters. The number of phenols is 1. The van der Waals surface area contributed by atoms with Crippen molar-refractivity contribution in [3.05, 3.63) is 45.4 Å². The molecule has 0 aliphatic heterocycles. The van der Waals surface area contributed by atoms with E-state index in [0.29, 0.717) is 17.7 Å². The van der Waals surface area contributed by atoms with Crippen molar-refractivity contribution in [2.75, 3.05) is 46.2 Å². The first kappa shape index (κ1) is 34.5. The third-order valence-electron chi connectivity index (χ3n) is 9.81. The Balaban J connectivity index is 1.84. The highest BCUT2D eigenvalue weighted by molar-refractivity contribution is 6.25. The highest BCUT2D eigenvalue weighted by atomic mass is 16.3. The van der Waals surface area contributed by atoms with Crippen molar-refractivity contribution in [3.63, 3.8) is 0 Å². The van der Waals surface area contributed by atoms with Gasteiger partial charge in [0, 0.05) is 43.4 Å². The maximum atomic E-state index is 14.3. The molecule has 0 fully saturated rings. The highest BCUT2D eigenvalue weighted by Crippen LogP contribution is 2.53. The number of primary amides is 1. The minimum Gasteiger partial charge on any atom is -0.510 e. The number of hydrogen-bond acceptors (Lipinski definition) is 10. The fraction of sp³-hybridized carbons (Fsp3) is 0.618. The number of anilines is 1. The maximum Gasteiger partial charge on any atom is 0.255 e. The fourth-order valence-electron chi connectivity index (χ4n) is 7.55. The summed E-state index contributed by atoms with van der Waals surface area (Å²) in [5.41, 5.74) is 3.88. The van der Waals surface area contributed by atoms with Gasteiger partial charge >= 0.3 is 0 Å². The molecule has 0 bridgehead atoms. The Kier molecular flexibility index (Phi) is 10.4. The zero-order valence-corrected chi connectivity index (χ0v) is 27.5. The number of hydrogen-bond donors (Lipinski definition) is 5. The topological polar surface area (TPSA) is 168 Å². The first-order valence-electron chi connectivity index (χ1n) is 16.1. The summed E-state index contributed by atoms with van der Waals surface area (Å²) in [5, 5.41) is 46.2. The van der Waals surface area contributed by atoms with Gasteiger partial charge in [-0.2, -0.15) is 0 Å². The van der Waals surface area contributed by atoms with Crippen LogP contribution in [0.1, 0.15) is 80.3 Å². The number of unbranched alkanes of at least 4 members (excludes halogenated alkanes) is 4. The lowest BCUT2D eigenvalue weighted by molar-refractivity contribution is -0.148. The van der Waals surface area contributed by atoms with E-state index in [1.54, 1.807) is 19.0 Å². The molecule has 0 radical (unpaired) electrons. The van der Waals surface area contributed by atoms with Crippen molar-refractivity contribution in [3.8, 4) is 5.75 Å². The standard InChI is InChI=1S/C34H50N4O7/c1-7-9-11-13-38(14-12-10-8-2)18-20-17-23(36(3)4)21-15-19-16-22-27(37(5)6)30(41)26(33(35)44)32(43)34(22,45)31(42)24(19)29(40)25(21)28(20)39/h17,19,22,27,39,41-42,45H,7-16,18H2,1-6H3,(H2,35,44)/t19-,22-,27?,34-/m0/s1. The quantitative estimate of drug-likeness (QED) is 0.162. The number of Topliss-reactive ketones (excluding diaryl/α,β-unsaturated/α-hetero) is 2. The van der Waals surface area contributed by atoms with Gasteiger partial charge in [-0.25, -0.2) is 0 Å². The largest absolute Gasteiger partial charge is 0.510 e. The average molecular weight is 627 g/mol. The molecular formula is C34H50N4O7. The molecule has 45 heavy (non-hydrogen) atoms. The summed E-state index contributed by atoms with van der Waals surface area (Å²) in [5.74, 6) is -6.40. The van der Waals surface area contributed by atoms with Gasteiger partial charge in [0.25, 0.3) is 5.91 Å². The molecule has 1 aromatic rings. The van der Waals surface area contributed by atoms with Crippen LogP contribution in [0.4, 0.5) is 5.69 Å². The fourth-order valence-corrected chi connectivity index (χ4v) is 7.55.